The number of halogens is 2. The molecule has 4 aliphatic carbocycles. The van der Waals surface area contributed by atoms with Gasteiger partial charge in [-0.25, -0.2) is 0 Å². The van der Waals surface area contributed by atoms with Gasteiger partial charge in [0.2, 0.25) is 11.6 Å². The van der Waals surface area contributed by atoms with Crippen LogP contribution >= 0.6 is 0 Å². The normalized spacial score (nSPS) is 35.9. The molecule has 0 aliphatic heterocycles. The van der Waals surface area contributed by atoms with Crippen LogP contribution in [-0.2, 0) is 0 Å². The smallest absolute Gasteiger partial charge is 0.204 e. The zero-order valence-electron chi connectivity index (χ0n) is 24.1. The molecule has 4 unspecified atom stereocenters. The van der Waals surface area contributed by atoms with Crippen LogP contribution < -0.4 is 9.47 Å². The molecule has 0 aromatic heterocycles. The molecule has 1 aromatic rings. The molecular weight excluding hydrogens is 478 g/mol. The molecule has 1 aromatic carbocycles. The van der Waals surface area contributed by atoms with Crippen molar-refractivity contribution in [3.8, 4) is 11.5 Å². The van der Waals surface area contributed by atoms with Crippen LogP contribution in [0.25, 0.3) is 0 Å². The van der Waals surface area contributed by atoms with E-state index in [1.54, 1.807) is 13.3 Å². The minimum absolute atomic E-state index is 0.00874. The van der Waals surface area contributed by atoms with Gasteiger partial charge in [-0.2, -0.15) is 8.78 Å². The number of benzene rings is 1. The summed E-state index contributed by atoms with van der Waals surface area (Å²) < 4.78 is 39.4. The van der Waals surface area contributed by atoms with Crippen molar-refractivity contribution in [2.45, 2.75) is 117 Å². The maximum absolute atomic E-state index is 14.4. The lowest BCUT2D eigenvalue weighted by atomic mass is 9.60. The monoisotopic (exact) mass is 530 g/mol. The minimum Gasteiger partial charge on any atom is -0.491 e. The quantitative estimate of drug-likeness (QED) is 0.316. The first-order valence-corrected chi connectivity index (χ1v) is 16.3. The number of rotatable bonds is 9. The molecule has 4 heteroatoms. The summed E-state index contributed by atoms with van der Waals surface area (Å²) in [5.74, 6) is 5.44. The molecule has 0 amide bonds. The number of hydrogen-bond donors (Lipinski definition) is 0. The predicted octanol–water partition coefficient (Wildman–Crippen LogP) is 9.99. The van der Waals surface area contributed by atoms with E-state index < -0.39 is 11.6 Å². The molecule has 4 saturated carbocycles. The molecule has 0 saturated heterocycles. The molecule has 4 atom stereocenters. The van der Waals surface area contributed by atoms with Gasteiger partial charge >= 0.3 is 0 Å². The highest BCUT2D eigenvalue weighted by Gasteiger charge is 2.39. The maximum atomic E-state index is 14.4. The molecule has 0 radical (unpaired) electrons. The van der Waals surface area contributed by atoms with Crippen LogP contribution in [0.1, 0.15) is 117 Å². The highest BCUT2D eigenvalue weighted by atomic mass is 19.2. The molecule has 0 N–H and O–H groups in total. The molecule has 38 heavy (non-hydrogen) atoms. The van der Waals surface area contributed by atoms with E-state index in [-0.39, 0.29) is 11.5 Å². The molecular formula is C34H52F2O2. The molecule has 0 heterocycles. The van der Waals surface area contributed by atoms with E-state index >= 15 is 0 Å². The van der Waals surface area contributed by atoms with Gasteiger partial charge in [-0.15, -0.1) is 0 Å². The lowest BCUT2D eigenvalue weighted by Gasteiger charge is -2.46. The van der Waals surface area contributed by atoms with Crippen LogP contribution in [0.5, 0.6) is 11.5 Å². The fraction of sp³-hybridized carbons (Fsp3) is 0.824. The summed E-state index contributed by atoms with van der Waals surface area (Å²) in [6.07, 6.45) is 22.6. The Morgan fingerprint density at radius 3 is 1.63 bits per heavy atom. The Balaban J connectivity index is 1.01. The van der Waals surface area contributed by atoms with Crippen LogP contribution in [0, 0.1) is 59.0 Å². The van der Waals surface area contributed by atoms with Gasteiger partial charge < -0.3 is 9.47 Å². The Bertz CT molecular complexity index is 871. The highest BCUT2D eigenvalue weighted by molar-refractivity contribution is 5.35. The minimum atomic E-state index is -0.948. The van der Waals surface area contributed by atoms with Crippen molar-refractivity contribution in [2.24, 2.45) is 47.3 Å². The summed E-state index contributed by atoms with van der Waals surface area (Å²) >= 11 is 0. The molecule has 4 aliphatic rings. The van der Waals surface area contributed by atoms with Gasteiger partial charge in [-0.3, -0.25) is 0 Å². The van der Waals surface area contributed by atoms with E-state index in [9.17, 15) is 8.78 Å². The predicted molar refractivity (Wildman–Crippen MR) is 150 cm³/mol. The number of ether oxygens (including phenoxy) is 2. The molecule has 0 bridgehead atoms. The Morgan fingerprint density at radius 2 is 1.03 bits per heavy atom. The van der Waals surface area contributed by atoms with Crippen molar-refractivity contribution >= 4 is 0 Å². The first kappa shape index (κ1) is 28.2. The van der Waals surface area contributed by atoms with Crippen molar-refractivity contribution in [1.82, 2.24) is 0 Å². The van der Waals surface area contributed by atoms with Gasteiger partial charge in [0.1, 0.15) is 0 Å². The molecule has 5 rings (SSSR count). The van der Waals surface area contributed by atoms with Gasteiger partial charge in [0, 0.05) is 0 Å². The lowest BCUT2D eigenvalue weighted by molar-refractivity contribution is 0.0489. The van der Waals surface area contributed by atoms with Crippen molar-refractivity contribution in [2.75, 3.05) is 13.2 Å². The summed E-state index contributed by atoms with van der Waals surface area (Å²) in [5, 5.41) is 0. The van der Waals surface area contributed by atoms with Gasteiger partial charge in [0.15, 0.2) is 11.5 Å². The van der Waals surface area contributed by atoms with Crippen LogP contribution in [0.4, 0.5) is 8.78 Å². The van der Waals surface area contributed by atoms with E-state index in [1.807, 2.05) is 0 Å². The number of fused-ring (bicyclic) bond motifs is 1. The van der Waals surface area contributed by atoms with E-state index in [0.29, 0.717) is 19.1 Å². The van der Waals surface area contributed by atoms with E-state index in [1.165, 1.54) is 95.6 Å². The maximum Gasteiger partial charge on any atom is 0.204 e. The third kappa shape index (κ3) is 6.69. The Morgan fingerprint density at radius 1 is 0.579 bits per heavy atom. The van der Waals surface area contributed by atoms with E-state index in [4.69, 9.17) is 9.47 Å². The second-order valence-corrected chi connectivity index (χ2v) is 13.5. The zero-order valence-corrected chi connectivity index (χ0v) is 24.1. The Hall–Kier alpha value is -1.32. The zero-order chi connectivity index (χ0) is 26.5. The first-order chi connectivity index (χ1) is 18.6. The van der Waals surface area contributed by atoms with Crippen molar-refractivity contribution in [1.29, 1.82) is 0 Å². The molecule has 0 spiro atoms. The first-order valence-electron chi connectivity index (χ1n) is 16.3. The van der Waals surface area contributed by atoms with Gasteiger partial charge in [-0.1, -0.05) is 26.2 Å². The second kappa shape index (κ2) is 13.4. The van der Waals surface area contributed by atoms with Crippen LogP contribution in [0.3, 0.4) is 0 Å². The standard InChI is InChI=1S/C34H52F2O2/c1-3-5-23-6-11-30-21-29(17-16-28(30)20-23)27-14-12-26(13-15-27)25-9-7-24(8-10-25)22-38-32-19-18-31(37-4-2)33(35)34(32)36/h18-19,23-30H,3-17,20-22H2,1-2H3. The van der Waals surface area contributed by atoms with Crippen molar-refractivity contribution in [3.63, 3.8) is 0 Å². The fourth-order valence-corrected chi connectivity index (χ4v) is 9.14. The van der Waals surface area contributed by atoms with Gasteiger partial charge in [-0.05, 0) is 150 Å². The summed E-state index contributed by atoms with van der Waals surface area (Å²) in [4.78, 5) is 0. The summed E-state index contributed by atoms with van der Waals surface area (Å²) in [5.41, 5.74) is 0. The summed E-state index contributed by atoms with van der Waals surface area (Å²) in [7, 11) is 0. The average molecular weight is 531 g/mol. The van der Waals surface area contributed by atoms with Crippen molar-refractivity contribution in [3.05, 3.63) is 23.8 Å². The summed E-state index contributed by atoms with van der Waals surface area (Å²) in [6, 6.07) is 2.96. The van der Waals surface area contributed by atoms with Crippen LogP contribution in [-0.4, -0.2) is 13.2 Å². The Kier molecular flexibility index (Phi) is 9.92. The third-order valence-electron chi connectivity index (χ3n) is 11.3. The van der Waals surface area contributed by atoms with Gasteiger partial charge in [0.25, 0.3) is 0 Å². The summed E-state index contributed by atoms with van der Waals surface area (Å²) in [6.45, 7) is 4.90. The second-order valence-electron chi connectivity index (χ2n) is 13.5. The topological polar surface area (TPSA) is 18.5 Å². The van der Waals surface area contributed by atoms with E-state index in [0.717, 1.165) is 54.3 Å². The lowest BCUT2D eigenvalue weighted by Crippen LogP contribution is -2.35. The van der Waals surface area contributed by atoms with Gasteiger partial charge in [0.05, 0.1) is 13.2 Å². The largest absolute Gasteiger partial charge is 0.491 e. The molecule has 4 fully saturated rings. The average Bonchev–Trinajstić information content (AvgIpc) is 2.95. The number of hydrogen-bond acceptors (Lipinski definition) is 2. The van der Waals surface area contributed by atoms with Crippen LogP contribution in [0.15, 0.2) is 12.1 Å². The highest BCUT2D eigenvalue weighted by Crippen LogP contribution is 2.51. The third-order valence-corrected chi connectivity index (χ3v) is 11.3. The fourth-order valence-electron chi connectivity index (χ4n) is 9.14. The molecule has 214 valence electrons. The van der Waals surface area contributed by atoms with Crippen LogP contribution in [0.2, 0.25) is 0 Å². The van der Waals surface area contributed by atoms with Crippen molar-refractivity contribution < 1.29 is 18.3 Å². The molecule has 2 nitrogen and oxygen atoms in total. The Labute approximate surface area is 230 Å². The SMILES string of the molecule is CCCC1CCC2CC(C3CCC(C4CCC(COc5ccc(OCC)c(F)c5F)CC4)CC3)CCC2C1. The van der Waals surface area contributed by atoms with E-state index in [2.05, 4.69) is 6.92 Å².